The molecule has 0 fully saturated rings. The van der Waals surface area contributed by atoms with E-state index in [1.54, 1.807) is 54.6 Å². The highest BCUT2D eigenvalue weighted by Gasteiger charge is 2.27. The van der Waals surface area contributed by atoms with Gasteiger partial charge in [0.1, 0.15) is 24.2 Å². The van der Waals surface area contributed by atoms with Crippen molar-refractivity contribution < 1.29 is 23.0 Å². The first kappa shape index (κ1) is 22.8. The van der Waals surface area contributed by atoms with Gasteiger partial charge in [0.05, 0.1) is 11.5 Å². The highest BCUT2D eigenvalue weighted by molar-refractivity contribution is 7.89. The van der Waals surface area contributed by atoms with Gasteiger partial charge in [0.15, 0.2) is 0 Å². The number of hydrogen-bond donors (Lipinski definition) is 1. The third-order valence-corrected chi connectivity index (χ3v) is 6.40. The summed E-state index contributed by atoms with van der Waals surface area (Å²) >= 11 is 0. The molecule has 0 aliphatic carbocycles. The minimum Gasteiger partial charge on any atom is -0.494 e. The highest BCUT2D eigenvalue weighted by Crippen LogP contribution is 2.20. The number of ether oxygens (including phenoxy) is 2. The van der Waals surface area contributed by atoms with E-state index in [1.807, 2.05) is 37.3 Å². The molecule has 3 aromatic carbocycles. The Morgan fingerprint density at radius 1 is 0.839 bits per heavy atom. The van der Waals surface area contributed by atoms with Crippen molar-refractivity contribution in [3.05, 3.63) is 90.5 Å². The molecule has 3 aromatic rings. The summed E-state index contributed by atoms with van der Waals surface area (Å²) < 4.78 is 38.7. The van der Waals surface area contributed by atoms with E-state index in [9.17, 15) is 13.5 Å². The van der Waals surface area contributed by atoms with E-state index < -0.39 is 16.1 Å². The van der Waals surface area contributed by atoms with Crippen molar-refractivity contribution in [3.8, 4) is 11.5 Å². The first-order valence-corrected chi connectivity index (χ1v) is 11.6. The minimum atomic E-state index is -3.79. The molecule has 0 spiro atoms. The van der Waals surface area contributed by atoms with Crippen molar-refractivity contribution in [2.45, 2.75) is 24.5 Å². The van der Waals surface area contributed by atoms with E-state index in [1.165, 1.54) is 4.31 Å². The van der Waals surface area contributed by atoms with Crippen molar-refractivity contribution in [1.82, 2.24) is 4.31 Å². The molecular formula is C24H27NO5S. The maximum atomic E-state index is 13.2. The van der Waals surface area contributed by atoms with Crippen molar-refractivity contribution >= 4 is 10.0 Å². The van der Waals surface area contributed by atoms with E-state index in [-0.39, 0.29) is 24.6 Å². The van der Waals surface area contributed by atoms with Gasteiger partial charge in [0, 0.05) is 13.1 Å². The Morgan fingerprint density at radius 2 is 1.39 bits per heavy atom. The summed E-state index contributed by atoms with van der Waals surface area (Å²) in [7, 11) is -3.79. The Labute approximate surface area is 183 Å². The number of nitrogens with zero attached hydrogens (tertiary/aromatic N) is 1. The second kappa shape index (κ2) is 10.9. The smallest absolute Gasteiger partial charge is 0.243 e. The van der Waals surface area contributed by atoms with Crippen LogP contribution in [0.3, 0.4) is 0 Å². The molecule has 0 saturated heterocycles. The van der Waals surface area contributed by atoms with E-state index in [0.29, 0.717) is 12.4 Å². The summed E-state index contributed by atoms with van der Waals surface area (Å²) in [4.78, 5) is 0.186. The van der Waals surface area contributed by atoms with E-state index in [4.69, 9.17) is 9.47 Å². The van der Waals surface area contributed by atoms with Crippen LogP contribution in [0, 0.1) is 0 Å². The molecule has 7 heteroatoms. The molecule has 0 bridgehead atoms. The van der Waals surface area contributed by atoms with Crippen molar-refractivity contribution in [1.29, 1.82) is 0 Å². The molecule has 0 radical (unpaired) electrons. The zero-order valence-electron chi connectivity index (χ0n) is 17.4. The first-order valence-electron chi connectivity index (χ1n) is 10.1. The molecule has 164 valence electrons. The number of aliphatic hydroxyl groups is 1. The average Bonchev–Trinajstić information content (AvgIpc) is 2.80. The lowest BCUT2D eigenvalue weighted by molar-refractivity contribution is 0.0880. The molecule has 0 amide bonds. The van der Waals surface area contributed by atoms with Crippen molar-refractivity contribution in [2.75, 3.05) is 19.8 Å². The molecule has 0 aromatic heterocycles. The fraction of sp³-hybridized carbons (Fsp3) is 0.250. The van der Waals surface area contributed by atoms with Gasteiger partial charge in [0.2, 0.25) is 10.0 Å². The third-order valence-electron chi connectivity index (χ3n) is 4.57. The normalized spacial score (nSPS) is 12.5. The molecule has 1 atom stereocenters. The van der Waals surface area contributed by atoms with Crippen molar-refractivity contribution in [3.63, 3.8) is 0 Å². The minimum absolute atomic E-state index is 0.0381. The number of benzene rings is 3. The molecule has 3 rings (SSSR count). The van der Waals surface area contributed by atoms with Crippen LogP contribution in [-0.2, 0) is 16.6 Å². The number of hydrogen-bond acceptors (Lipinski definition) is 5. The van der Waals surface area contributed by atoms with E-state index in [0.717, 1.165) is 11.3 Å². The molecule has 0 aliphatic rings. The van der Waals surface area contributed by atoms with E-state index >= 15 is 0 Å². The van der Waals surface area contributed by atoms with Gasteiger partial charge in [-0.05, 0) is 48.9 Å². The Morgan fingerprint density at radius 3 is 1.97 bits per heavy atom. The zero-order valence-corrected chi connectivity index (χ0v) is 18.2. The maximum absolute atomic E-state index is 13.2. The number of aliphatic hydroxyl groups excluding tert-OH is 1. The first-order chi connectivity index (χ1) is 15.0. The van der Waals surface area contributed by atoms with Gasteiger partial charge < -0.3 is 14.6 Å². The monoisotopic (exact) mass is 441 g/mol. The molecule has 6 nitrogen and oxygen atoms in total. The average molecular weight is 442 g/mol. The van der Waals surface area contributed by atoms with Crippen LogP contribution in [-0.4, -0.2) is 43.7 Å². The standard InChI is InChI=1S/C24H27NO5S/c1-2-29-22-13-15-23(16-14-22)30-19-21(26)18-25(17-20-9-5-3-6-10-20)31(27,28)24-11-7-4-8-12-24/h3-16,21,26H,2,17-19H2,1H3/t21-/m1/s1. The number of sulfonamides is 1. The van der Waals surface area contributed by atoms with Crippen LogP contribution < -0.4 is 9.47 Å². The van der Waals surface area contributed by atoms with E-state index in [2.05, 4.69) is 0 Å². The fourth-order valence-corrected chi connectivity index (χ4v) is 4.54. The lowest BCUT2D eigenvalue weighted by Gasteiger charge is -2.25. The predicted molar refractivity (Wildman–Crippen MR) is 120 cm³/mol. The van der Waals surface area contributed by atoms with Crippen LogP contribution in [0.1, 0.15) is 12.5 Å². The molecule has 31 heavy (non-hydrogen) atoms. The maximum Gasteiger partial charge on any atom is 0.243 e. The van der Waals surface area contributed by atoms with Crippen molar-refractivity contribution in [2.24, 2.45) is 0 Å². The lowest BCUT2D eigenvalue weighted by Crippen LogP contribution is -2.39. The fourth-order valence-electron chi connectivity index (χ4n) is 3.06. The second-order valence-corrected chi connectivity index (χ2v) is 8.90. The Balaban J connectivity index is 1.70. The van der Waals surface area contributed by atoms with Crippen LogP contribution in [0.2, 0.25) is 0 Å². The molecule has 1 N–H and O–H groups in total. The summed E-state index contributed by atoms with van der Waals surface area (Å²) in [5.41, 5.74) is 0.835. The third kappa shape index (κ3) is 6.55. The van der Waals surface area contributed by atoms with Gasteiger partial charge in [-0.3, -0.25) is 0 Å². The Kier molecular flexibility index (Phi) is 8.06. The molecule has 0 aliphatic heterocycles. The summed E-state index contributed by atoms with van der Waals surface area (Å²) in [6.07, 6.45) is -1.01. The zero-order chi connectivity index (χ0) is 22.1. The highest BCUT2D eigenvalue weighted by atomic mass is 32.2. The summed E-state index contributed by atoms with van der Waals surface area (Å²) in [5.74, 6) is 1.31. The van der Waals surface area contributed by atoms with Gasteiger partial charge in [0.25, 0.3) is 0 Å². The summed E-state index contributed by atoms with van der Waals surface area (Å²) in [5, 5.41) is 10.6. The summed E-state index contributed by atoms with van der Waals surface area (Å²) in [6, 6.07) is 24.6. The van der Waals surface area contributed by atoms with Crippen LogP contribution in [0.5, 0.6) is 11.5 Å². The lowest BCUT2D eigenvalue weighted by atomic mass is 10.2. The quantitative estimate of drug-likeness (QED) is 0.491. The van der Waals surface area contributed by atoms with Crippen LogP contribution >= 0.6 is 0 Å². The topological polar surface area (TPSA) is 76.1 Å². The molecule has 0 heterocycles. The summed E-state index contributed by atoms with van der Waals surface area (Å²) in [6.45, 7) is 2.50. The Bertz CT molecular complexity index is 1020. The van der Waals surface area contributed by atoms with Gasteiger partial charge in [-0.1, -0.05) is 48.5 Å². The van der Waals surface area contributed by atoms with Crippen LogP contribution in [0.15, 0.2) is 89.8 Å². The van der Waals surface area contributed by atoms with Crippen LogP contribution in [0.4, 0.5) is 0 Å². The second-order valence-electron chi connectivity index (χ2n) is 6.97. The predicted octanol–water partition coefficient (Wildman–Crippen LogP) is 3.72. The number of rotatable bonds is 11. The molecular weight excluding hydrogens is 414 g/mol. The van der Waals surface area contributed by atoms with Gasteiger partial charge in [-0.25, -0.2) is 8.42 Å². The van der Waals surface area contributed by atoms with Gasteiger partial charge >= 0.3 is 0 Å². The largest absolute Gasteiger partial charge is 0.494 e. The molecule has 0 saturated carbocycles. The molecule has 0 unspecified atom stereocenters. The Hall–Kier alpha value is -2.87. The van der Waals surface area contributed by atoms with Crippen LogP contribution in [0.25, 0.3) is 0 Å². The van der Waals surface area contributed by atoms with Gasteiger partial charge in [-0.15, -0.1) is 0 Å². The van der Waals surface area contributed by atoms with Gasteiger partial charge in [-0.2, -0.15) is 4.31 Å². The SMILES string of the molecule is CCOc1ccc(OC[C@H](O)CN(Cc2ccccc2)S(=O)(=O)c2ccccc2)cc1.